The number of unbranched alkanes of at least 4 members (excludes halogenated alkanes) is 10. The summed E-state index contributed by atoms with van der Waals surface area (Å²) in [4.78, 5) is 36.8. The van der Waals surface area contributed by atoms with Gasteiger partial charge in [-0.05, 0) is 77.0 Å². The first-order chi connectivity index (χ1) is 27.6. The van der Waals surface area contributed by atoms with Crippen LogP contribution in [-0.4, -0.2) is 75.5 Å². The minimum Gasteiger partial charge on any atom is -0.544 e. The molecule has 0 aromatic heterocycles. The predicted octanol–water partition coefficient (Wildman–Crippen LogP) is 10.8. The zero-order chi connectivity index (χ0) is 42.1. The number of carboxylic acid groups (broad SMARTS) is 1. The summed E-state index contributed by atoms with van der Waals surface area (Å²) in [7, 11) is 5.37. The number of carbonyl (C=O) groups excluding carboxylic acids is 3. The molecule has 0 spiro atoms. The fourth-order valence-corrected chi connectivity index (χ4v) is 5.91. The minimum atomic E-state index is -1.14. The minimum absolute atomic E-state index is 0.0139. The molecule has 0 bridgehead atoms. The lowest BCUT2D eigenvalue weighted by atomic mass is 10.1. The van der Waals surface area contributed by atoms with E-state index in [4.69, 9.17) is 14.2 Å². The summed E-state index contributed by atoms with van der Waals surface area (Å²) in [5.41, 5.74) is 0. The SMILES string of the molecule is CC/C=C/C/C=C/C/C=C/C/C=C/CCCCCCCCCCCC(=O)OCC(COCCC(C(=O)[O-])[N+](C)(C)C)OC(=O)CCC/C=C/C/C=C/C/C=C/CC. The lowest BCUT2D eigenvalue weighted by molar-refractivity contribution is -0.889. The van der Waals surface area contributed by atoms with Crippen LogP contribution in [0.3, 0.4) is 0 Å². The van der Waals surface area contributed by atoms with Gasteiger partial charge in [0.2, 0.25) is 0 Å². The zero-order valence-electron chi connectivity index (χ0n) is 36.7. The Morgan fingerprint density at radius 3 is 1.42 bits per heavy atom. The highest BCUT2D eigenvalue weighted by atomic mass is 16.6. The summed E-state index contributed by atoms with van der Waals surface area (Å²) in [6, 6.07) is -0.739. The van der Waals surface area contributed by atoms with Gasteiger partial charge in [0.15, 0.2) is 6.10 Å². The van der Waals surface area contributed by atoms with E-state index in [0.717, 1.165) is 77.0 Å². The highest BCUT2D eigenvalue weighted by Crippen LogP contribution is 2.13. The fourth-order valence-electron chi connectivity index (χ4n) is 5.91. The summed E-state index contributed by atoms with van der Waals surface area (Å²) >= 11 is 0. The predicted molar refractivity (Wildman–Crippen MR) is 235 cm³/mol. The van der Waals surface area contributed by atoms with E-state index in [2.05, 4.69) is 98.9 Å². The smallest absolute Gasteiger partial charge is 0.306 e. The monoisotopic (exact) mass is 796 g/mol. The van der Waals surface area contributed by atoms with Gasteiger partial charge in [-0.25, -0.2) is 0 Å². The lowest BCUT2D eigenvalue weighted by Crippen LogP contribution is -2.55. The Kier molecular flexibility index (Phi) is 36.9. The summed E-state index contributed by atoms with van der Waals surface area (Å²) in [5, 5.41) is 11.6. The van der Waals surface area contributed by atoms with Crippen molar-refractivity contribution < 1.29 is 38.2 Å². The summed E-state index contributed by atoms with van der Waals surface area (Å²) in [6.45, 7) is 4.35. The van der Waals surface area contributed by atoms with Crippen LogP contribution in [0, 0.1) is 0 Å². The van der Waals surface area contributed by atoms with E-state index in [-0.39, 0.29) is 49.1 Å². The van der Waals surface area contributed by atoms with Crippen molar-refractivity contribution >= 4 is 17.9 Å². The second kappa shape index (κ2) is 39.3. The molecule has 0 amide bonds. The van der Waals surface area contributed by atoms with E-state index in [1.807, 2.05) is 0 Å². The number of hydrogen-bond donors (Lipinski definition) is 0. The number of esters is 2. The molecule has 8 nitrogen and oxygen atoms in total. The van der Waals surface area contributed by atoms with Crippen molar-refractivity contribution in [2.24, 2.45) is 0 Å². The van der Waals surface area contributed by atoms with E-state index in [1.54, 1.807) is 21.1 Å². The summed E-state index contributed by atoms with van der Waals surface area (Å²) in [5.74, 6) is -1.83. The molecule has 0 heterocycles. The number of carbonyl (C=O) groups is 3. The van der Waals surface area contributed by atoms with Crippen molar-refractivity contribution in [3.05, 3.63) is 85.1 Å². The van der Waals surface area contributed by atoms with Crippen LogP contribution < -0.4 is 5.11 Å². The van der Waals surface area contributed by atoms with Crippen molar-refractivity contribution in [1.82, 2.24) is 0 Å². The molecule has 0 radical (unpaired) electrons. The number of quaternary nitrogens is 1. The highest BCUT2D eigenvalue weighted by Gasteiger charge is 2.25. The van der Waals surface area contributed by atoms with Gasteiger partial charge in [0.25, 0.3) is 0 Å². The van der Waals surface area contributed by atoms with Gasteiger partial charge in [0.1, 0.15) is 12.6 Å². The van der Waals surface area contributed by atoms with Gasteiger partial charge in [0.05, 0.1) is 40.3 Å². The molecule has 57 heavy (non-hydrogen) atoms. The molecule has 0 saturated heterocycles. The molecular formula is C49H81NO7. The first kappa shape index (κ1) is 53.5. The number of likely N-dealkylation sites (N-methyl/N-ethyl adjacent to an activating group) is 1. The number of aliphatic carboxylic acids is 1. The van der Waals surface area contributed by atoms with Crippen molar-refractivity contribution in [3.8, 4) is 0 Å². The molecule has 0 fully saturated rings. The van der Waals surface area contributed by atoms with Crippen LogP contribution >= 0.6 is 0 Å². The molecule has 0 aromatic carbocycles. The van der Waals surface area contributed by atoms with E-state index in [9.17, 15) is 19.5 Å². The Morgan fingerprint density at radius 2 is 0.947 bits per heavy atom. The Morgan fingerprint density at radius 1 is 0.526 bits per heavy atom. The van der Waals surface area contributed by atoms with Crippen LogP contribution in [-0.2, 0) is 28.6 Å². The van der Waals surface area contributed by atoms with E-state index >= 15 is 0 Å². The Labute approximate surface area is 348 Å². The average molecular weight is 796 g/mol. The van der Waals surface area contributed by atoms with Crippen molar-refractivity contribution in [1.29, 1.82) is 0 Å². The second-order valence-corrected chi connectivity index (χ2v) is 15.5. The number of allylic oxidation sites excluding steroid dienone is 14. The number of rotatable bonds is 38. The Bertz CT molecular complexity index is 1200. The zero-order valence-corrected chi connectivity index (χ0v) is 36.7. The normalized spacial score (nSPS) is 13.8. The van der Waals surface area contributed by atoms with Crippen molar-refractivity contribution in [3.63, 3.8) is 0 Å². The van der Waals surface area contributed by atoms with Crippen molar-refractivity contribution in [2.75, 3.05) is 41.0 Å². The van der Waals surface area contributed by atoms with E-state index < -0.39 is 18.1 Å². The molecule has 0 saturated carbocycles. The summed E-state index contributed by atoms with van der Waals surface area (Å²) in [6.07, 6.45) is 50.6. The number of nitrogens with zero attached hydrogens (tertiary/aromatic N) is 1. The average Bonchev–Trinajstić information content (AvgIpc) is 3.17. The van der Waals surface area contributed by atoms with Gasteiger partial charge in [0, 0.05) is 19.3 Å². The molecule has 0 aliphatic carbocycles. The van der Waals surface area contributed by atoms with Crippen molar-refractivity contribution in [2.45, 2.75) is 167 Å². The molecule has 0 rings (SSSR count). The third kappa shape index (κ3) is 37.8. The van der Waals surface area contributed by atoms with Crippen LogP contribution in [0.1, 0.15) is 155 Å². The van der Waals surface area contributed by atoms with Crippen LogP contribution in [0.5, 0.6) is 0 Å². The van der Waals surface area contributed by atoms with Gasteiger partial charge >= 0.3 is 11.9 Å². The third-order valence-electron chi connectivity index (χ3n) is 9.28. The molecule has 0 aromatic rings. The van der Waals surface area contributed by atoms with Crippen LogP contribution in [0.2, 0.25) is 0 Å². The Balaban J connectivity index is 4.31. The maximum Gasteiger partial charge on any atom is 0.306 e. The second-order valence-electron chi connectivity index (χ2n) is 15.5. The fraction of sp³-hybridized carbons (Fsp3) is 0.653. The topological polar surface area (TPSA) is 102 Å². The molecule has 0 aliphatic rings. The third-order valence-corrected chi connectivity index (χ3v) is 9.28. The van der Waals surface area contributed by atoms with Gasteiger partial charge in [-0.1, -0.05) is 144 Å². The quantitative estimate of drug-likeness (QED) is 0.0265. The standard InChI is InChI=1S/C49H81NO7/c1-6-8-10-12-14-16-18-19-20-21-22-23-24-25-26-27-28-30-31-33-35-37-39-47(51)56-44-45(43-55-42-41-46(49(53)54)50(3,4)5)57-48(52)40-38-36-34-32-29-17-15-13-11-9-7-2/h8-11,14-17,19-20,22-23,32,34,45-46H,6-7,12-13,18,21,24-31,33,35-44H2,1-5H3/b10-8+,11-9+,16-14+,17-15+,20-19+,23-22+,34-32+. The molecule has 0 N–H and O–H groups in total. The highest BCUT2D eigenvalue weighted by molar-refractivity contribution is 5.70. The van der Waals surface area contributed by atoms with E-state index in [1.165, 1.54) is 38.5 Å². The van der Waals surface area contributed by atoms with Crippen LogP contribution in [0.15, 0.2) is 85.1 Å². The summed E-state index contributed by atoms with van der Waals surface area (Å²) < 4.78 is 17.1. The first-order valence-corrected chi connectivity index (χ1v) is 22.1. The lowest BCUT2D eigenvalue weighted by Gasteiger charge is -2.34. The molecule has 324 valence electrons. The molecule has 2 unspecified atom stereocenters. The molecule has 2 atom stereocenters. The van der Waals surface area contributed by atoms with Gasteiger partial charge in [-0.15, -0.1) is 0 Å². The van der Waals surface area contributed by atoms with Gasteiger partial charge in [-0.2, -0.15) is 0 Å². The molecule has 0 aliphatic heterocycles. The maximum atomic E-state index is 12.6. The largest absolute Gasteiger partial charge is 0.544 e. The number of carboxylic acids is 1. The van der Waals surface area contributed by atoms with Crippen LogP contribution in [0.4, 0.5) is 0 Å². The Hall–Kier alpha value is -3.49. The van der Waals surface area contributed by atoms with Gasteiger partial charge in [-0.3, -0.25) is 9.59 Å². The van der Waals surface area contributed by atoms with E-state index in [0.29, 0.717) is 12.8 Å². The van der Waals surface area contributed by atoms with Gasteiger partial charge < -0.3 is 28.6 Å². The van der Waals surface area contributed by atoms with Crippen LogP contribution in [0.25, 0.3) is 0 Å². The molecular weight excluding hydrogens is 715 g/mol. The number of ether oxygens (including phenoxy) is 3. The molecule has 8 heteroatoms. The maximum absolute atomic E-state index is 12.6. The first-order valence-electron chi connectivity index (χ1n) is 22.1. The number of hydrogen-bond acceptors (Lipinski definition) is 7.